The van der Waals surface area contributed by atoms with Crippen LogP contribution in [0, 0.1) is 0 Å². The minimum absolute atomic E-state index is 0.0223. The molecular formula is C17H20N4O4S2. The van der Waals surface area contributed by atoms with E-state index in [1.807, 2.05) is 0 Å². The number of nitrogens with zero attached hydrogens (tertiary/aromatic N) is 2. The average molecular weight is 409 g/mol. The van der Waals surface area contributed by atoms with Gasteiger partial charge in [-0.15, -0.1) is 10.2 Å². The fourth-order valence-corrected chi connectivity index (χ4v) is 5.49. The lowest BCUT2D eigenvalue weighted by atomic mass is 9.90. The second-order valence-electron chi connectivity index (χ2n) is 6.79. The number of carbonyl (C=O) groups is 1. The van der Waals surface area contributed by atoms with Crippen molar-refractivity contribution in [1.29, 1.82) is 0 Å². The van der Waals surface area contributed by atoms with E-state index in [1.165, 1.54) is 48.8 Å². The number of rotatable bonds is 4. The molecule has 0 bridgehead atoms. The van der Waals surface area contributed by atoms with Crippen molar-refractivity contribution in [2.24, 2.45) is 0 Å². The van der Waals surface area contributed by atoms with E-state index in [0.717, 1.165) is 17.8 Å². The van der Waals surface area contributed by atoms with E-state index in [0.29, 0.717) is 17.4 Å². The number of hydrogen-bond donors (Lipinski definition) is 2. The van der Waals surface area contributed by atoms with Gasteiger partial charge < -0.3 is 10.1 Å². The first-order valence-electron chi connectivity index (χ1n) is 8.90. The smallest absolute Gasteiger partial charge is 0.265 e. The van der Waals surface area contributed by atoms with Gasteiger partial charge in [0.05, 0.1) is 10.6 Å². The maximum atomic E-state index is 12.7. The molecule has 4 rings (SSSR count). The van der Waals surface area contributed by atoms with Gasteiger partial charge in [-0.3, -0.25) is 9.52 Å². The zero-order valence-corrected chi connectivity index (χ0v) is 16.4. The number of aromatic nitrogens is 2. The number of fused-ring (bicyclic) bond motifs is 1. The molecule has 1 aromatic carbocycles. The van der Waals surface area contributed by atoms with Gasteiger partial charge in [0.25, 0.3) is 15.9 Å². The second kappa shape index (κ2) is 7.08. The quantitative estimate of drug-likeness (QED) is 0.804. The third kappa shape index (κ3) is 3.77. The summed E-state index contributed by atoms with van der Waals surface area (Å²) in [4.78, 5) is 11.8. The Morgan fingerprint density at radius 2 is 2.00 bits per heavy atom. The summed E-state index contributed by atoms with van der Waals surface area (Å²) in [7, 11) is -3.84. The van der Waals surface area contributed by atoms with Gasteiger partial charge in [-0.2, -0.15) is 0 Å². The summed E-state index contributed by atoms with van der Waals surface area (Å²) in [5.41, 5.74) is 0.334. The Kier molecular flexibility index (Phi) is 4.77. The Hall–Kier alpha value is -2.20. The van der Waals surface area contributed by atoms with Crippen molar-refractivity contribution in [3.05, 3.63) is 23.2 Å². The van der Waals surface area contributed by atoms with Gasteiger partial charge in [0.1, 0.15) is 10.8 Å². The van der Waals surface area contributed by atoms with Crippen LogP contribution in [0.3, 0.4) is 0 Å². The summed E-state index contributed by atoms with van der Waals surface area (Å²) in [6, 6.07) is 4.35. The third-order valence-electron chi connectivity index (χ3n) is 4.81. The SMILES string of the molecule is CC1Oc2ccc(S(=O)(=O)Nc3nnc(C4CCCCC4)s3)cc2NC1=O. The highest BCUT2D eigenvalue weighted by Gasteiger charge is 2.26. The van der Waals surface area contributed by atoms with Crippen LogP contribution in [-0.4, -0.2) is 30.6 Å². The molecule has 1 unspecified atom stereocenters. The summed E-state index contributed by atoms with van der Waals surface area (Å²) in [5.74, 6) is 0.496. The molecule has 0 saturated heterocycles. The zero-order chi connectivity index (χ0) is 19.0. The molecular weight excluding hydrogens is 388 g/mol. The van der Waals surface area contributed by atoms with E-state index in [2.05, 4.69) is 20.2 Å². The first-order valence-corrected chi connectivity index (χ1v) is 11.2. The Labute approximate surface area is 161 Å². The number of anilines is 2. The molecule has 1 fully saturated rings. The summed E-state index contributed by atoms with van der Waals surface area (Å²) in [5, 5.41) is 12.0. The fourth-order valence-electron chi connectivity index (χ4n) is 3.32. The van der Waals surface area contributed by atoms with Crippen LogP contribution < -0.4 is 14.8 Å². The lowest BCUT2D eigenvalue weighted by molar-refractivity contribution is -0.122. The Balaban J connectivity index is 1.53. The molecule has 144 valence electrons. The topological polar surface area (TPSA) is 110 Å². The normalized spacial score (nSPS) is 20.5. The van der Waals surface area contributed by atoms with E-state index in [-0.39, 0.29) is 15.9 Å². The molecule has 0 radical (unpaired) electrons. The number of ether oxygens (including phenoxy) is 1. The molecule has 2 aromatic rings. The third-order valence-corrected chi connectivity index (χ3v) is 7.28. The predicted molar refractivity (Wildman–Crippen MR) is 102 cm³/mol. The van der Waals surface area contributed by atoms with Crippen LogP contribution in [0.4, 0.5) is 10.8 Å². The zero-order valence-electron chi connectivity index (χ0n) is 14.8. The van der Waals surface area contributed by atoms with Crippen molar-refractivity contribution in [2.75, 3.05) is 10.0 Å². The van der Waals surface area contributed by atoms with Crippen LogP contribution >= 0.6 is 11.3 Å². The molecule has 2 aliphatic rings. The molecule has 1 saturated carbocycles. The molecule has 2 heterocycles. The first kappa shape index (κ1) is 18.2. The molecule has 1 aromatic heterocycles. The van der Waals surface area contributed by atoms with Gasteiger partial charge in [-0.05, 0) is 38.0 Å². The molecule has 27 heavy (non-hydrogen) atoms. The van der Waals surface area contributed by atoms with Gasteiger partial charge in [0, 0.05) is 5.92 Å². The highest BCUT2D eigenvalue weighted by Crippen LogP contribution is 2.36. The Morgan fingerprint density at radius 1 is 1.22 bits per heavy atom. The number of nitrogens with one attached hydrogen (secondary N) is 2. The predicted octanol–water partition coefficient (Wildman–Crippen LogP) is 3.11. The van der Waals surface area contributed by atoms with Crippen molar-refractivity contribution in [1.82, 2.24) is 10.2 Å². The highest BCUT2D eigenvalue weighted by molar-refractivity contribution is 7.93. The summed E-state index contributed by atoms with van der Waals surface area (Å²) < 4.78 is 33.3. The summed E-state index contributed by atoms with van der Waals surface area (Å²) >= 11 is 1.28. The number of carbonyl (C=O) groups excluding carboxylic acids is 1. The monoisotopic (exact) mass is 408 g/mol. The standard InChI is InChI=1S/C17H20N4O4S2/c1-10-15(22)18-13-9-12(7-8-14(13)25-10)27(23,24)21-17-20-19-16(26-17)11-5-3-2-4-6-11/h7-11H,2-6H2,1H3,(H,18,22)(H,20,21). The molecule has 8 nitrogen and oxygen atoms in total. The van der Waals surface area contributed by atoms with E-state index in [4.69, 9.17) is 4.74 Å². The Bertz CT molecular complexity index is 967. The van der Waals surface area contributed by atoms with E-state index in [1.54, 1.807) is 6.92 Å². The minimum Gasteiger partial charge on any atom is -0.479 e. The van der Waals surface area contributed by atoms with Crippen LogP contribution in [0.1, 0.15) is 50.0 Å². The second-order valence-corrected chi connectivity index (χ2v) is 9.48. The summed E-state index contributed by atoms with van der Waals surface area (Å²) in [6.45, 7) is 1.63. The van der Waals surface area contributed by atoms with Gasteiger partial charge in [-0.1, -0.05) is 30.6 Å². The van der Waals surface area contributed by atoms with Crippen LogP contribution in [0.5, 0.6) is 5.75 Å². The maximum absolute atomic E-state index is 12.7. The number of hydrogen-bond acceptors (Lipinski definition) is 7. The number of sulfonamides is 1. The molecule has 1 amide bonds. The molecule has 1 aliphatic heterocycles. The van der Waals surface area contributed by atoms with Gasteiger partial charge in [0.2, 0.25) is 5.13 Å². The van der Waals surface area contributed by atoms with Gasteiger partial charge >= 0.3 is 0 Å². The van der Waals surface area contributed by atoms with E-state index >= 15 is 0 Å². The maximum Gasteiger partial charge on any atom is 0.265 e. The number of benzene rings is 1. The van der Waals surface area contributed by atoms with Crippen molar-refractivity contribution >= 4 is 38.1 Å². The fraction of sp³-hybridized carbons (Fsp3) is 0.471. The van der Waals surface area contributed by atoms with Crippen LogP contribution in [-0.2, 0) is 14.8 Å². The van der Waals surface area contributed by atoms with Gasteiger partial charge in [0.15, 0.2) is 6.10 Å². The van der Waals surface area contributed by atoms with E-state index < -0.39 is 16.1 Å². The summed E-state index contributed by atoms with van der Waals surface area (Å²) in [6.07, 6.45) is 5.12. The van der Waals surface area contributed by atoms with Crippen molar-refractivity contribution in [3.8, 4) is 5.75 Å². The van der Waals surface area contributed by atoms with E-state index in [9.17, 15) is 13.2 Å². The highest BCUT2D eigenvalue weighted by atomic mass is 32.2. The van der Waals surface area contributed by atoms with Crippen LogP contribution in [0.15, 0.2) is 23.1 Å². The minimum atomic E-state index is -3.84. The molecule has 1 aliphatic carbocycles. The molecule has 0 spiro atoms. The van der Waals surface area contributed by atoms with Gasteiger partial charge in [-0.25, -0.2) is 8.42 Å². The number of amides is 1. The van der Waals surface area contributed by atoms with Crippen LogP contribution in [0.2, 0.25) is 0 Å². The van der Waals surface area contributed by atoms with Crippen molar-refractivity contribution in [3.63, 3.8) is 0 Å². The van der Waals surface area contributed by atoms with Crippen LogP contribution in [0.25, 0.3) is 0 Å². The molecule has 10 heteroatoms. The largest absolute Gasteiger partial charge is 0.479 e. The van der Waals surface area contributed by atoms with Crippen molar-refractivity contribution in [2.45, 2.75) is 55.9 Å². The first-order chi connectivity index (χ1) is 12.9. The molecule has 2 N–H and O–H groups in total. The molecule has 1 atom stereocenters. The lowest BCUT2D eigenvalue weighted by Gasteiger charge is -2.23. The Morgan fingerprint density at radius 3 is 2.78 bits per heavy atom. The lowest BCUT2D eigenvalue weighted by Crippen LogP contribution is -2.34. The van der Waals surface area contributed by atoms with Crippen molar-refractivity contribution < 1.29 is 17.9 Å². The average Bonchev–Trinajstić information content (AvgIpc) is 3.11.